The fraction of sp³-hybridized carbons (Fsp3) is 0.0625. The monoisotopic (exact) mass is 371 g/mol. The van der Waals surface area contributed by atoms with Gasteiger partial charge >= 0.3 is 0 Å². The van der Waals surface area contributed by atoms with Crippen molar-refractivity contribution in [1.82, 2.24) is 19.8 Å². The highest BCUT2D eigenvalue weighted by Crippen LogP contribution is 2.25. The lowest BCUT2D eigenvalue weighted by atomic mass is 10.1. The van der Waals surface area contributed by atoms with Crippen LogP contribution in [-0.4, -0.2) is 34.5 Å². The number of sulfonamides is 1. The van der Waals surface area contributed by atoms with E-state index < -0.39 is 10.0 Å². The van der Waals surface area contributed by atoms with Crippen LogP contribution in [0.1, 0.15) is 0 Å². The molecular formula is C16H13N5O2S2. The highest BCUT2D eigenvalue weighted by Gasteiger charge is 2.11. The maximum absolute atomic E-state index is 11.3. The van der Waals surface area contributed by atoms with Crippen LogP contribution in [-0.2, 0) is 10.0 Å². The minimum absolute atomic E-state index is 0.510. The quantitative estimate of drug-likeness (QED) is 0.596. The second-order valence-corrected chi connectivity index (χ2v) is 8.14. The number of benzene rings is 1. The number of nitrogens with one attached hydrogen (secondary N) is 1. The molecule has 0 aliphatic rings. The van der Waals surface area contributed by atoms with E-state index in [1.54, 1.807) is 28.0 Å². The maximum atomic E-state index is 11.3. The number of hydrogen-bond acceptors (Lipinski definition) is 6. The minimum atomic E-state index is -3.29. The summed E-state index contributed by atoms with van der Waals surface area (Å²) in [5.41, 5.74) is 2.79. The number of thiophene rings is 1. The van der Waals surface area contributed by atoms with E-state index in [1.807, 2.05) is 41.8 Å². The third-order valence-corrected chi connectivity index (χ3v) is 4.96. The van der Waals surface area contributed by atoms with Crippen LogP contribution in [0.25, 0.3) is 27.6 Å². The van der Waals surface area contributed by atoms with Crippen LogP contribution in [0.3, 0.4) is 0 Å². The van der Waals surface area contributed by atoms with E-state index in [0.29, 0.717) is 17.2 Å². The molecule has 0 saturated heterocycles. The van der Waals surface area contributed by atoms with Crippen molar-refractivity contribution in [1.29, 1.82) is 0 Å². The lowest BCUT2D eigenvalue weighted by Crippen LogP contribution is -2.09. The normalized spacial score (nSPS) is 11.7. The molecule has 0 atom stereocenters. The summed E-state index contributed by atoms with van der Waals surface area (Å²) < 4.78 is 26.7. The van der Waals surface area contributed by atoms with Gasteiger partial charge in [-0.1, -0.05) is 18.2 Å². The minimum Gasteiger partial charge on any atom is -0.284 e. The van der Waals surface area contributed by atoms with Crippen LogP contribution >= 0.6 is 11.3 Å². The molecule has 4 rings (SSSR count). The number of fused-ring (bicyclic) bond motifs is 1. The Morgan fingerprint density at radius 1 is 1.04 bits per heavy atom. The maximum Gasteiger partial charge on any atom is 0.229 e. The first-order valence-electron chi connectivity index (χ1n) is 7.34. The topological polar surface area (TPSA) is 89.2 Å². The number of rotatable bonds is 4. The molecule has 0 radical (unpaired) electrons. The van der Waals surface area contributed by atoms with Gasteiger partial charge < -0.3 is 0 Å². The van der Waals surface area contributed by atoms with Gasteiger partial charge in [-0.2, -0.15) is 9.61 Å². The fourth-order valence-corrected chi connectivity index (χ4v) is 3.68. The van der Waals surface area contributed by atoms with Gasteiger partial charge in [0.15, 0.2) is 11.5 Å². The number of nitrogens with zero attached hydrogens (tertiary/aromatic N) is 4. The Bertz CT molecular complexity index is 1130. The van der Waals surface area contributed by atoms with Crippen molar-refractivity contribution < 1.29 is 8.42 Å². The summed E-state index contributed by atoms with van der Waals surface area (Å²) in [7, 11) is -3.29. The zero-order chi connectivity index (χ0) is 17.4. The largest absolute Gasteiger partial charge is 0.284 e. The second-order valence-electron chi connectivity index (χ2n) is 5.44. The lowest BCUT2D eigenvalue weighted by molar-refractivity contribution is 0.607. The van der Waals surface area contributed by atoms with E-state index in [0.717, 1.165) is 22.4 Å². The molecule has 3 aromatic heterocycles. The number of anilines is 1. The summed E-state index contributed by atoms with van der Waals surface area (Å²) >= 11 is 1.58. The first kappa shape index (κ1) is 15.7. The highest BCUT2D eigenvalue weighted by molar-refractivity contribution is 7.92. The molecule has 0 unspecified atom stereocenters. The van der Waals surface area contributed by atoms with Gasteiger partial charge in [0.25, 0.3) is 0 Å². The van der Waals surface area contributed by atoms with Crippen LogP contribution in [0.15, 0.2) is 53.9 Å². The Kier molecular flexibility index (Phi) is 3.74. The van der Waals surface area contributed by atoms with Gasteiger partial charge in [-0.15, -0.1) is 21.5 Å². The van der Waals surface area contributed by atoms with Crippen LogP contribution in [0.4, 0.5) is 5.69 Å². The highest BCUT2D eigenvalue weighted by atomic mass is 32.2. The van der Waals surface area contributed by atoms with Crippen molar-refractivity contribution in [3.63, 3.8) is 0 Å². The molecule has 0 amide bonds. The Labute approximate surface area is 148 Å². The van der Waals surface area contributed by atoms with Gasteiger partial charge in [0.05, 0.1) is 16.8 Å². The van der Waals surface area contributed by atoms with Gasteiger partial charge in [-0.05, 0) is 35.7 Å². The van der Waals surface area contributed by atoms with Crippen molar-refractivity contribution >= 4 is 32.7 Å². The van der Waals surface area contributed by atoms with E-state index in [1.165, 1.54) is 0 Å². The van der Waals surface area contributed by atoms with Crippen molar-refractivity contribution in [2.75, 3.05) is 11.0 Å². The standard InChI is InChI=1S/C16H13N5O2S2/c1-25(22,23)20-12-6-4-11(5-7-12)13-8-9-15-17-18-16(21(15)19-13)14-3-2-10-24-14/h2-10,20H,1H3. The Morgan fingerprint density at radius 3 is 2.52 bits per heavy atom. The van der Waals surface area contributed by atoms with E-state index >= 15 is 0 Å². The third-order valence-electron chi connectivity index (χ3n) is 3.49. The molecule has 3 heterocycles. The van der Waals surface area contributed by atoms with Gasteiger partial charge in [-0.3, -0.25) is 4.72 Å². The van der Waals surface area contributed by atoms with E-state index in [4.69, 9.17) is 0 Å². The molecule has 0 spiro atoms. The zero-order valence-electron chi connectivity index (χ0n) is 13.1. The zero-order valence-corrected chi connectivity index (χ0v) is 14.8. The summed E-state index contributed by atoms with van der Waals surface area (Å²) in [4.78, 5) is 0.991. The van der Waals surface area contributed by atoms with E-state index in [2.05, 4.69) is 20.0 Å². The Hall–Kier alpha value is -2.78. The molecule has 1 N–H and O–H groups in total. The van der Waals surface area contributed by atoms with Crippen LogP contribution in [0.5, 0.6) is 0 Å². The molecule has 4 aromatic rings. The van der Waals surface area contributed by atoms with Gasteiger partial charge in [-0.25, -0.2) is 8.42 Å². The summed E-state index contributed by atoms with van der Waals surface area (Å²) in [5, 5.41) is 15.0. The predicted octanol–water partition coefficient (Wildman–Crippen LogP) is 2.89. The molecule has 0 aliphatic heterocycles. The molecule has 0 aliphatic carbocycles. The Morgan fingerprint density at radius 2 is 1.84 bits per heavy atom. The molecule has 0 bridgehead atoms. The first-order valence-corrected chi connectivity index (χ1v) is 10.1. The van der Waals surface area contributed by atoms with E-state index in [-0.39, 0.29) is 0 Å². The third kappa shape index (κ3) is 3.24. The van der Waals surface area contributed by atoms with Crippen molar-refractivity contribution in [2.45, 2.75) is 0 Å². The molecule has 7 nitrogen and oxygen atoms in total. The van der Waals surface area contributed by atoms with Gasteiger partial charge in [0, 0.05) is 11.3 Å². The SMILES string of the molecule is CS(=O)(=O)Nc1ccc(-c2ccc3nnc(-c4cccs4)n3n2)cc1. The molecule has 1 aromatic carbocycles. The van der Waals surface area contributed by atoms with Crippen LogP contribution in [0, 0.1) is 0 Å². The molecule has 25 heavy (non-hydrogen) atoms. The molecular weight excluding hydrogens is 358 g/mol. The average molecular weight is 371 g/mol. The van der Waals surface area contributed by atoms with Gasteiger partial charge in [0.2, 0.25) is 10.0 Å². The predicted molar refractivity (Wildman–Crippen MR) is 98.0 cm³/mol. The molecule has 0 fully saturated rings. The summed E-state index contributed by atoms with van der Waals surface area (Å²) in [6.07, 6.45) is 1.12. The first-order chi connectivity index (χ1) is 12.0. The summed E-state index contributed by atoms with van der Waals surface area (Å²) in [6.45, 7) is 0. The molecule has 0 saturated carbocycles. The van der Waals surface area contributed by atoms with E-state index in [9.17, 15) is 8.42 Å². The van der Waals surface area contributed by atoms with Crippen LogP contribution < -0.4 is 4.72 Å². The summed E-state index contributed by atoms with van der Waals surface area (Å²) in [6, 6.07) is 14.7. The molecule has 126 valence electrons. The smallest absolute Gasteiger partial charge is 0.229 e. The lowest BCUT2D eigenvalue weighted by Gasteiger charge is -2.06. The van der Waals surface area contributed by atoms with Gasteiger partial charge in [0.1, 0.15) is 0 Å². The summed E-state index contributed by atoms with van der Waals surface area (Å²) in [5.74, 6) is 0.696. The Balaban J connectivity index is 1.73. The average Bonchev–Trinajstić information content (AvgIpc) is 3.22. The fourth-order valence-electron chi connectivity index (χ4n) is 2.43. The number of aromatic nitrogens is 4. The van der Waals surface area contributed by atoms with Crippen molar-refractivity contribution in [3.05, 3.63) is 53.9 Å². The van der Waals surface area contributed by atoms with Crippen LogP contribution in [0.2, 0.25) is 0 Å². The second kappa shape index (κ2) is 5.94. The van der Waals surface area contributed by atoms with Crippen molar-refractivity contribution in [3.8, 4) is 22.0 Å². The molecule has 9 heteroatoms. The van der Waals surface area contributed by atoms with Crippen molar-refractivity contribution in [2.24, 2.45) is 0 Å². The number of hydrogen-bond donors (Lipinski definition) is 1.